The van der Waals surface area contributed by atoms with Crippen molar-refractivity contribution in [2.24, 2.45) is 0 Å². The molecule has 3 heteroatoms. The Kier molecular flexibility index (Phi) is 5.19. The minimum absolute atomic E-state index is 0.866. The quantitative estimate of drug-likeness (QED) is 0.365. The van der Waals surface area contributed by atoms with E-state index in [1.54, 1.807) is 11.3 Å². The lowest BCUT2D eigenvalue weighted by Gasteiger charge is -2.20. The first-order chi connectivity index (χ1) is 15.2. The average molecular weight is 421 g/mol. The number of hydrogen-bond acceptors (Lipinski definition) is 3. The summed E-state index contributed by atoms with van der Waals surface area (Å²) < 4.78 is 1.22. The topological polar surface area (TPSA) is 29.3 Å². The van der Waals surface area contributed by atoms with Crippen LogP contribution in [-0.2, 0) is 0 Å². The lowest BCUT2D eigenvalue weighted by atomic mass is 10.1. The van der Waals surface area contributed by atoms with Gasteiger partial charge < -0.3 is 10.6 Å². The lowest BCUT2D eigenvalue weighted by Crippen LogP contribution is -2.09. The molecule has 0 unspecified atom stereocenters. The van der Waals surface area contributed by atoms with Crippen molar-refractivity contribution >= 4 is 44.6 Å². The fourth-order valence-electron chi connectivity index (χ4n) is 3.90. The highest BCUT2D eigenvalue weighted by Crippen LogP contribution is 2.39. The van der Waals surface area contributed by atoms with Crippen molar-refractivity contribution in [2.75, 3.05) is 17.7 Å². The highest BCUT2D eigenvalue weighted by Gasteiger charge is 2.12. The van der Waals surface area contributed by atoms with E-state index in [1.807, 2.05) is 6.07 Å². The summed E-state index contributed by atoms with van der Waals surface area (Å²) in [6.07, 6.45) is 11.7. The van der Waals surface area contributed by atoms with Crippen molar-refractivity contribution < 1.29 is 0 Å². The molecule has 2 N–H and O–H groups in total. The van der Waals surface area contributed by atoms with Gasteiger partial charge in [0.25, 0.3) is 0 Å². The molecule has 31 heavy (non-hydrogen) atoms. The molecule has 1 aliphatic rings. The zero-order chi connectivity index (χ0) is 21.2. The van der Waals surface area contributed by atoms with Gasteiger partial charge in [-0.15, -0.1) is 11.3 Å². The molecule has 0 spiro atoms. The number of allylic oxidation sites excluding steroid dienone is 5. The van der Waals surface area contributed by atoms with Gasteiger partial charge >= 0.3 is 0 Å². The van der Waals surface area contributed by atoms with Crippen LogP contribution in [-0.4, -0.2) is 7.05 Å². The molecular formula is C28H24N2S. The van der Waals surface area contributed by atoms with Gasteiger partial charge in [0, 0.05) is 28.5 Å². The first-order valence-electron chi connectivity index (χ1n) is 10.4. The van der Waals surface area contributed by atoms with Gasteiger partial charge in [-0.1, -0.05) is 66.8 Å². The minimum Gasteiger partial charge on any atom is -0.397 e. The maximum atomic E-state index is 6.55. The van der Waals surface area contributed by atoms with E-state index in [-0.39, 0.29) is 0 Å². The Morgan fingerprint density at radius 2 is 1.61 bits per heavy atom. The molecule has 5 rings (SSSR count). The van der Waals surface area contributed by atoms with Gasteiger partial charge in [0.2, 0.25) is 0 Å². The summed E-state index contributed by atoms with van der Waals surface area (Å²) in [5.41, 5.74) is 13.4. The van der Waals surface area contributed by atoms with Crippen LogP contribution in [0.4, 0.5) is 17.1 Å². The maximum Gasteiger partial charge on any atom is 0.0578 e. The normalized spacial score (nSPS) is 14.4. The molecule has 0 aliphatic heterocycles. The van der Waals surface area contributed by atoms with E-state index in [4.69, 9.17) is 5.73 Å². The van der Waals surface area contributed by atoms with Gasteiger partial charge in [0.15, 0.2) is 0 Å². The van der Waals surface area contributed by atoms with E-state index in [9.17, 15) is 0 Å². The molecular weight excluding hydrogens is 396 g/mol. The summed E-state index contributed by atoms with van der Waals surface area (Å²) >= 11 is 1.76. The molecule has 0 fully saturated rings. The number of nitrogens with zero attached hydrogens (tertiary/aromatic N) is 1. The van der Waals surface area contributed by atoms with E-state index < -0.39 is 0 Å². The van der Waals surface area contributed by atoms with E-state index >= 15 is 0 Å². The molecule has 0 amide bonds. The van der Waals surface area contributed by atoms with Crippen LogP contribution in [0, 0.1) is 0 Å². The Bertz CT molecular complexity index is 1310. The number of benzene rings is 3. The van der Waals surface area contributed by atoms with Gasteiger partial charge in [-0.05, 0) is 59.5 Å². The third-order valence-corrected chi connectivity index (χ3v) is 6.85. The number of fused-ring (bicyclic) bond motifs is 1. The number of hydrogen-bond donors (Lipinski definition) is 1. The second-order valence-electron chi connectivity index (χ2n) is 7.74. The van der Waals surface area contributed by atoms with Gasteiger partial charge in [-0.25, -0.2) is 0 Å². The predicted molar refractivity (Wildman–Crippen MR) is 137 cm³/mol. The standard InChI is InChI=1S/C28H24N2S/c1-30(23-14-12-22(13-15-23)21-10-6-3-7-11-21)24-16-17-26-25(19-24)28(29)27(31-26)18-20-8-4-2-5-9-20/h2-8,10-19H,9,29H2,1H3/b20-18-. The van der Waals surface area contributed by atoms with Crippen LogP contribution in [0.1, 0.15) is 11.3 Å². The second-order valence-corrected chi connectivity index (χ2v) is 8.83. The molecule has 0 saturated heterocycles. The number of rotatable bonds is 4. The second kappa shape index (κ2) is 8.29. The molecule has 2 nitrogen and oxygen atoms in total. The van der Waals surface area contributed by atoms with Crippen molar-refractivity contribution in [3.05, 3.63) is 108 Å². The summed E-state index contributed by atoms with van der Waals surface area (Å²) in [5, 5.41) is 1.12. The number of nitrogen functional groups attached to an aromatic ring is 1. The van der Waals surface area contributed by atoms with Gasteiger partial charge in [0.05, 0.1) is 10.6 Å². The molecule has 4 aromatic rings. The van der Waals surface area contributed by atoms with Crippen molar-refractivity contribution in [3.8, 4) is 11.1 Å². The third kappa shape index (κ3) is 3.92. The lowest BCUT2D eigenvalue weighted by molar-refractivity contribution is 1.21. The Morgan fingerprint density at radius 1 is 0.871 bits per heavy atom. The Morgan fingerprint density at radius 3 is 2.35 bits per heavy atom. The van der Waals surface area contributed by atoms with Crippen molar-refractivity contribution in [1.82, 2.24) is 0 Å². The number of nitrogens with two attached hydrogens (primary N) is 1. The fraction of sp³-hybridized carbons (Fsp3) is 0.0714. The molecule has 3 aromatic carbocycles. The van der Waals surface area contributed by atoms with Crippen LogP contribution in [0.15, 0.2) is 103 Å². The fourth-order valence-corrected chi connectivity index (χ4v) is 4.98. The molecule has 1 aliphatic carbocycles. The molecule has 0 bridgehead atoms. The van der Waals surface area contributed by atoms with Crippen LogP contribution < -0.4 is 10.6 Å². The van der Waals surface area contributed by atoms with Crippen LogP contribution in [0.5, 0.6) is 0 Å². The monoisotopic (exact) mass is 420 g/mol. The summed E-state index contributed by atoms with van der Waals surface area (Å²) in [4.78, 5) is 3.34. The van der Waals surface area contributed by atoms with Crippen molar-refractivity contribution in [2.45, 2.75) is 6.42 Å². The average Bonchev–Trinajstić information content (AvgIpc) is 3.14. The van der Waals surface area contributed by atoms with E-state index in [0.29, 0.717) is 0 Å². The summed E-state index contributed by atoms with van der Waals surface area (Å²) in [5.74, 6) is 0. The highest BCUT2D eigenvalue weighted by atomic mass is 32.1. The molecule has 1 heterocycles. The minimum atomic E-state index is 0.866. The smallest absolute Gasteiger partial charge is 0.0578 e. The molecule has 1 aromatic heterocycles. The summed E-state index contributed by atoms with van der Waals surface area (Å²) in [7, 11) is 2.10. The Balaban J connectivity index is 1.44. The van der Waals surface area contributed by atoms with Crippen LogP contribution >= 0.6 is 11.3 Å². The Hall–Kier alpha value is -3.56. The van der Waals surface area contributed by atoms with E-state index in [1.165, 1.54) is 21.4 Å². The van der Waals surface area contributed by atoms with Crippen LogP contribution in [0.25, 0.3) is 27.3 Å². The zero-order valence-corrected chi connectivity index (χ0v) is 18.3. The number of thiophene rings is 1. The van der Waals surface area contributed by atoms with E-state index in [2.05, 4.69) is 109 Å². The largest absolute Gasteiger partial charge is 0.397 e. The number of anilines is 3. The SMILES string of the molecule is CN(c1ccc(-c2ccccc2)cc1)c1ccc2sc(/C=C3/C=CC=CC3)c(N)c2c1. The maximum absolute atomic E-state index is 6.55. The zero-order valence-electron chi connectivity index (χ0n) is 17.5. The van der Waals surface area contributed by atoms with Crippen molar-refractivity contribution in [1.29, 1.82) is 0 Å². The molecule has 0 radical (unpaired) electrons. The predicted octanol–water partition coefficient (Wildman–Crippen LogP) is 7.82. The van der Waals surface area contributed by atoms with E-state index in [0.717, 1.165) is 33.7 Å². The molecule has 0 atom stereocenters. The first kappa shape index (κ1) is 19.4. The molecule has 0 saturated carbocycles. The van der Waals surface area contributed by atoms with Gasteiger partial charge in [-0.3, -0.25) is 0 Å². The van der Waals surface area contributed by atoms with Gasteiger partial charge in [0.1, 0.15) is 0 Å². The highest BCUT2D eigenvalue weighted by molar-refractivity contribution is 7.20. The van der Waals surface area contributed by atoms with Crippen LogP contribution in [0.3, 0.4) is 0 Å². The van der Waals surface area contributed by atoms with Gasteiger partial charge in [-0.2, -0.15) is 0 Å². The summed E-state index contributed by atoms with van der Waals surface area (Å²) in [6.45, 7) is 0. The Labute approximate surface area is 187 Å². The van der Waals surface area contributed by atoms with Crippen molar-refractivity contribution in [3.63, 3.8) is 0 Å². The van der Waals surface area contributed by atoms with Crippen LogP contribution in [0.2, 0.25) is 0 Å². The first-order valence-corrected chi connectivity index (χ1v) is 11.3. The molecule has 152 valence electrons. The third-order valence-electron chi connectivity index (χ3n) is 5.72. The summed E-state index contributed by atoms with van der Waals surface area (Å²) in [6, 6.07) is 25.7.